The van der Waals surface area contributed by atoms with E-state index in [-0.39, 0.29) is 17.6 Å². The Kier molecular flexibility index (Phi) is 6.75. The Morgan fingerprint density at radius 2 is 2.21 bits per heavy atom. The van der Waals surface area contributed by atoms with Crippen molar-refractivity contribution < 1.29 is 14.3 Å². The van der Waals surface area contributed by atoms with Crippen LogP contribution in [0.25, 0.3) is 0 Å². The van der Waals surface area contributed by atoms with Crippen LogP contribution in [0.4, 0.5) is 0 Å². The molecule has 5 nitrogen and oxygen atoms in total. The van der Waals surface area contributed by atoms with Crippen LogP contribution >= 0.6 is 0 Å². The quantitative estimate of drug-likeness (QED) is 0.702. The molecule has 2 unspecified atom stereocenters. The third-order valence-electron chi connectivity index (χ3n) is 3.80. The number of piperidine rings is 1. The number of carbonyl (C=O) groups excluding carboxylic acids is 1. The van der Waals surface area contributed by atoms with E-state index in [1.165, 1.54) is 7.11 Å². The van der Waals surface area contributed by atoms with Gasteiger partial charge in [0, 0.05) is 20.2 Å². The highest BCUT2D eigenvalue weighted by molar-refractivity contribution is 5.75. The Morgan fingerprint density at radius 1 is 1.47 bits per heavy atom. The summed E-state index contributed by atoms with van der Waals surface area (Å²) in [5.41, 5.74) is -0.0936. The van der Waals surface area contributed by atoms with E-state index in [4.69, 9.17) is 9.47 Å². The molecule has 0 aromatic carbocycles. The molecule has 1 aliphatic heterocycles. The average Bonchev–Trinajstić information content (AvgIpc) is 2.42. The van der Waals surface area contributed by atoms with Gasteiger partial charge in [-0.1, -0.05) is 6.92 Å². The molecule has 1 aliphatic rings. The topological polar surface area (TPSA) is 50.8 Å². The zero-order valence-corrected chi connectivity index (χ0v) is 12.7. The van der Waals surface area contributed by atoms with E-state index in [1.807, 2.05) is 0 Å². The summed E-state index contributed by atoms with van der Waals surface area (Å²) in [4.78, 5) is 14.1. The van der Waals surface area contributed by atoms with Gasteiger partial charge in [0.05, 0.1) is 12.7 Å². The van der Waals surface area contributed by atoms with Crippen LogP contribution in [-0.2, 0) is 14.3 Å². The van der Waals surface area contributed by atoms with Crippen molar-refractivity contribution >= 4 is 5.97 Å². The highest BCUT2D eigenvalue weighted by Crippen LogP contribution is 2.23. The normalized spacial score (nSPS) is 26.1. The number of rotatable bonds is 7. The summed E-state index contributed by atoms with van der Waals surface area (Å²) in [6.07, 6.45) is 3.18. The summed E-state index contributed by atoms with van der Waals surface area (Å²) in [7, 11) is 3.20. The zero-order chi connectivity index (χ0) is 14.3. The Morgan fingerprint density at radius 3 is 2.79 bits per heavy atom. The lowest BCUT2D eigenvalue weighted by Crippen LogP contribution is -2.53. The number of ether oxygens (including phenoxy) is 2. The smallest absolute Gasteiger partial charge is 0.324 e. The second-order valence-electron chi connectivity index (χ2n) is 5.52. The van der Waals surface area contributed by atoms with Crippen molar-refractivity contribution in [3.8, 4) is 0 Å². The first-order valence-corrected chi connectivity index (χ1v) is 7.13. The molecule has 0 amide bonds. The SMILES string of the molecule is CCCNC(CN1CCCC(C)(OC)C1)C(=O)OC. The summed E-state index contributed by atoms with van der Waals surface area (Å²) in [5, 5.41) is 3.26. The van der Waals surface area contributed by atoms with E-state index in [2.05, 4.69) is 24.1 Å². The fraction of sp³-hybridized carbons (Fsp3) is 0.929. The van der Waals surface area contributed by atoms with Crippen LogP contribution in [0.5, 0.6) is 0 Å². The Balaban J connectivity index is 2.55. The lowest BCUT2D eigenvalue weighted by molar-refractivity contribution is -0.144. The van der Waals surface area contributed by atoms with Gasteiger partial charge in [-0.3, -0.25) is 9.69 Å². The predicted molar refractivity (Wildman–Crippen MR) is 75.2 cm³/mol. The van der Waals surface area contributed by atoms with Gasteiger partial charge in [0.15, 0.2) is 0 Å². The lowest BCUT2D eigenvalue weighted by atomic mass is 9.94. The summed E-state index contributed by atoms with van der Waals surface area (Å²) in [6, 6.07) is -0.246. The molecule has 0 aromatic heterocycles. The Labute approximate surface area is 116 Å². The second-order valence-corrected chi connectivity index (χ2v) is 5.52. The van der Waals surface area contributed by atoms with Crippen LogP contribution in [0.2, 0.25) is 0 Å². The summed E-state index contributed by atoms with van der Waals surface area (Å²) in [6.45, 7) is 7.61. The van der Waals surface area contributed by atoms with E-state index < -0.39 is 0 Å². The minimum atomic E-state index is -0.246. The molecular formula is C14H28N2O3. The van der Waals surface area contributed by atoms with Crippen LogP contribution in [-0.4, -0.2) is 62.9 Å². The Bertz CT molecular complexity index is 286. The van der Waals surface area contributed by atoms with Crippen molar-refractivity contribution in [1.82, 2.24) is 10.2 Å². The predicted octanol–water partition coefficient (Wildman–Crippen LogP) is 1.03. The molecule has 1 N–H and O–H groups in total. The third kappa shape index (κ3) is 5.09. The van der Waals surface area contributed by atoms with Gasteiger partial charge >= 0.3 is 5.97 Å². The van der Waals surface area contributed by atoms with Gasteiger partial charge in [-0.15, -0.1) is 0 Å². The molecule has 19 heavy (non-hydrogen) atoms. The van der Waals surface area contributed by atoms with E-state index in [1.54, 1.807) is 7.11 Å². The number of esters is 1. The Hall–Kier alpha value is -0.650. The minimum absolute atomic E-state index is 0.0936. The van der Waals surface area contributed by atoms with Crippen LogP contribution < -0.4 is 5.32 Å². The molecule has 1 rings (SSSR count). The molecule has 0 bridgehead atoms. The van der Waals surface area contributed by atoms with E-state index in [0.29, 0.717) is 6.54 Å². The molecule has 2 atom stereocenters. The molecule has 5 heteroatoms. The largest absolute Gasteiger partial charge is 0.468 e. The first-order chi connectivity index (χ1) is 9.04. The number of likely N-dealkylation sites (tertiary alicyclic amines) is 1. The first-order valence-electron chi connectivity index (χ1n) is 7.13. The first kappa shape index (κ1) is 16.4. The standard InChI is InChI=1S/C14H28N2O3/c1-5-8-15-12(13(17)18-3)10-16-9-6-7-14(2,11-16)19-4/h12,15H,5-11H2,1-4H3. The summed E-state index contributed by atoms with van der Waals surface area (Å²) >= 11 is 0. The van der Waals surface area contributed by atoms with Gasteiger partial charge in [-0.25, -0.2) is 0 Å². The highest BCUT2D eigenvalue weighted by atomic mass is 16.5. The molecule has 0 aromatic rings. The number of nitrogens with one attached hydrogen (secondary N) is 1. The van der Waals surface area contributed by atoms with Crippen molar-refractivity contribution in [1.29, 1.82) is 0 Å². The van der Waals surface area contributed by atoms with E-state index >= 15 is 0 Å². The highest BCUT2D eigenvalue weighted by Gasteiger charge is 2.32. The minimum Gasteiger partial charge on any atom is -0.468 e. The van der Waals surface area contributed by atoms with Gasteiger partial charge in [-0.05, 0) is 39.3 Å². The van der Waals surface area contributed by atoms with Gasteiger partial charge in [0.2, 0.25) is 0 Å². The second kappa shape index (κ2) is 7.82. The molecule has 0 spiro atoms. The van der Waals surface area contributed by atoms with Gasteiger partial charge in [-0.2, -0.15) is 0 Å². The maximum Gasteiger partial charge on any atom is 0.324 e. The van der Waals surface area contributed by atoms with E-state index in [0.717, 1.165) is 38.9 Å². The van der Waals surface area contributed by atoms with Gasteiger partial charge in [0.1, 0.15) is 6.04 Å². The maximum absolute atomic E-state index is 11.8. The van der Waals surface area contributed by atoms with Crippen molar-refractivity contribution in [3.63, 3.8) is 0 Å². The maximum atomic E-state index is 11.8. The molecule has 1 heterocycles. The molecule has 112 valence electrons. The molecule has 0 radical (unpaired) electrons. The number of carbonyl (C=O) groups is 1. The number of hydrogen-bond acceptors (Lipinski definition) is 5. The third-order valence-corrected chi connectivity index (χ3v) is 3.80. The van der Waals surface area contributed by atoms with Crippen LogP contribution in [0.15, 0.2) is 0 Å². The van der Waals surface area contributed by atoms with Crippen molar-refractivity contribution in [2.45, 2.75) is 44.8 Å². The monoisotopic (exact) mass is 272 g/mol. The molecule has 1 saturated heterocycles. The zero-order valence-electron chi connectivity index (χ0n) is 12.7. The molecule has 0 saturated carbocycles. The van der Waals surface area contributed by atoms with Crippen LogP contribution in [0.1, 0.15) is 33.1 Å². The number of methoxy groups -OCH3 is 2. The average molecular weight is 272 g/mol. The number of nitrogens with zero attached hydrogens (tertiary/aromatic N) is 1. The molecular weight excluding hydrogens is 244 g/mol. The van der Waals surface area contributed by atoms with Gasteiger partial charge in [0.25, 0.3) is 0 Å². The van der Waals surface area contributed by atoms with Crippen LogP contribution in [0, 0.1) is 0 Å². The number of hydrogen-bond donors (Lipinski definition) is 1. The van der Waals surface area contributed by atoms with Crippen molar-refractivity contribution in [3.05, 3.63) is 0 Å². The fourth-order valence-corrected chi connectivity index (χ4v) is 2.57. The fourth-order valence-electron chi connectivity index (χ4n) is 2.57. The summed E-state index contributed by atoms with van der Waals surface area (Å²) < 4.78 is 10.5. The lowest BCUT2D eigenvalue weighted by Gasteiger charge is -2.40. The molecule has 0 aliphatic carbocycles. The van der Waals surface area contributed by atoms with Gasteiger partial charge < -0.3 is 14.8 Å². The molecule has 1 fully saturated rings. The van der Waals surface area contributed by atoms with Crippen molar-refractivity contribution in [2.24, 2.45) is 0 Å². The van der Waals surface area contributed by atoms with Crippen molar-refractivity contribution in [2.75, 3.05) is 40.4 Å². The summed E-state index contributed by atoms with van der Waals surface area (Å²) in [5.74, 6) is -0.182. The van der Waals surface area contributed by atoms with E-state index in [9.17, 15) is 4.79 Å². The van der Waals surface area contributed by atoms with Crippen LogP contribution in [0.3, 0.4) is 0 Å².